The van der Waals surface area contributed by atoms with Crippen LogP contribution in [0.3, 0.4) is 0 Å². The molecule has 2 N–H and O–H groups in total. The summed E-state index contributed by atoms with van der Waals surface area (Å²) in [5.74, 6) is 1.40. The highest BCUT2D eigenvalue weighted by Gasteiger charge is 2.24. The molecule has 0 spiro atoms. The molecule has 2 heterocycles. The molecule has 1 amide bonds. The van der Waals surface area contributed by atoms with E-state index in [0.717, 1.165) is 19.6 Å². The lowest BCUT2D eigenvalue weighted by Crippen LogP contribution is -2.40. The van der Waals surface area contributed by atoms with Crippen LogP contribution in [0.2, 0.25) is 0 Å². The highest BCUT2D eigenvalue weighted by molar-refractivity contribution is 5.76. The van der Waals surface area contributed by atoms with Gasteiger partial charge in [-0.2, -0.15) is 0 Å². The summed E-state index contributed by atoms with van der Waals surface area (Å²) in [7, 11) is 2.15. The molecular weight excluding hydrogens is 238 g/mol. The van der Waals surface area contributed by atoms with Gasteiger partial charge < -0.3 is 15.5 Å². The van der Waals surface area contributed by atoms with E-state index >= 15 is 0 Å². The van der Waals surface area contributed by atoms with Gasteiger partial charge >= 0.3 is 0 Å². The van der Waals surface area contributed by atoms with Crippen LogP contribution >= 0.6 is 0 Å². The van der Waals surface area contributed by atoms with Crippen molar-refractivity contribution in [1.82, 2.24) is 15.5 Å². The quantitative estimate of drug-likeness (QED) is 0.787. The Morgan fingerprint density at radius 3 is 2.89 bits per heavy atom. The Kier molecular flexibility index (Phi) is 5.64. The molecule has 0 bridgehead atoms. The Bertz CT molecular complexity index is 289. The molecule has 0 aromatic rings. The lowest BCUT2D eigenvalue weighted by atomic mass is 9.85. The van der Waals surface area contributed by atoms with Crippen molar-refractivity contribution in [2.45, 2.75) is 45.1 Å². The molecule has 2 rings (SSSR count). The molecule has 2 saturated heterocycles. The van der Waals surface area contributed by atoms with E-state index in [1.165, 1.54) is 32.2 Å². The van der Waals surface area contributed by atoms with Gasteiger partial charge in [-0.05, 0) is 64.2 Å². The fourth-order valence-corrected chi connectivity index (χ4v) is 3.36. The van der Waals surface area contributed by atoms with Gasteiger partial charge in [-0.25, -0.2) is 0 Å². The Morgan fingerprint density at radius 1 is 1.42 bits per heavy atom. The highest BCUT2D eigenvalue weighted by atomic mass is 16.1. The summed E-state index contributed by atoms with van der Waals surface area (Å²) in [5, 5.41) is 6.56. The number of likely N-dealkylation sites (N-methyl/N-ethyl adjacent to an activating group) is 1. The summed E-state index contributed by atoms with van der Waals surface area (Å²) in [6.07, 6.45) is 5.69. The molecule has 4 nitrogen and oxygen atoms in total. The molecule has 3 unspecified atom stereocenters. The number of nitrogens with one attached hydrogen (secondary N) is 2. The molecule has 2 aliphatic heterocycles. The zero-order valence-corrected chi connectivity index (χ0v) is 12.5. The summed E-state index contributed by atoms with van der Waals surface area (Å²) in [5.41, 5.74) is 0. The fraction of sp³-hybridized carbons (Fsp3) is 0.933. The number of likely N-dealkylation sites (tertiary alicyclic amines) is 1. The third-order valence-corrected chi connectivity index (χ3v) is 4.85. The van der Waals surface area contributed by atoms with Crippen molar-refractivity contribution in [2.24, 2.45) is 11.8 Å². The first kappa shape index (κ1) is 14.8. The molecule has 2 fully saturated rings. The zero-order valence-electron chi connectivity index (χ0n) is 12.5. The SMILES string of the molecule is CC(CC(=O)NCC1CCCN1C)C1CCCNC1. The Balaban J connectivity index is 1.65. The number of piperidine rings is 1. The van der Waals surface area contributed by atoms with Gasteiger partial charge in [0.2, 0.25) is 5.91 Å². The number of nitrogens with zero attached hydrogens (tertiary/aromatic N) is 1. The maximum Gasteiger partial charge on any atom is 0.220 e. The van der Waals surface area contributed by atoms with Crippen LogP contribution in [0.5, 0.6) is 0 Å². The second-order valence-corrected chi connectivity index (χ2v) is 6.37. The van der Waals surface area contributed by atoms with Gasteiger partial charge in [-0.15, -0.1) is 0 Å². The molecular formula is C15H29N3O. The summed E-state index contributed by atoms with van der Waals surface area (Å²) < 4.78 is 0. The maximum absolute atomic E-state index is 12.0. The standard InChI is InChI=1S/C15H29N3O/c1-12(13-5-3-7-16-10-13)9-15(19)17-11-14-6-4-8-18(14)2/h12-14,16H,3-11H2,1-2H3,(H,17,19). The predicted octanol–water partition coefficient (Wildman–Crippen LogP) is 1.22. The first-order valence-electron chi connectivity index (χ1n) is 7.84. The highest BCUT2D eigenvalue weighted by Crippen LogP contribution is 2.22. The normalized spacial score (nSPS) is 30.2. The van der Waals surface area contributed by atoms with Gasteiger partial charge in [0.1, 0.15) is 0 Å². The average Bonchev–Trinajstić information content (AvgIpc) is 2.83. The average molecular weight is 267 g/mol. The molecule has 3 atom stereocenters. The smallest absolute Gasteiger partial charge is 0.220 e. The first-order valence-corrected chi connectivity index (χ1v) is 7.84. The molecule has 0 saturated carbocycles. The van der Waals surface area contributed by atoms with Crippen LogP contribution in [0.25, 0.3) is 0 Å². The van der Waals surface area contributed by atoms with E-state index in [2.05, 4.69) is 29.5 Å². The van der Waals surface area contributed by atoms with E-state index in [9.17, 15) is 4.79 Å². The van der Waals surface area contributed by atoms with Crippen LogP contribution in [-0.4, -0.2) is 50.1 Å². The van der Waals surface area contributed by atoms with Gasteiger partial charge in [-0.1, -0.05) is 6.92 Å². The lowest BCUT2D eigenvalue weighted by Gasteiger charge is -2.28. The molecule has 0 aliphatic carbocycles. The molecule has 4 heteroatoms. The summed E-state index contributed by atoms with van der Waals surface area (Å²) in [6, 6.07) is 0.551. The van der Waals surface area contributed by atoms with Crippen molar-refractivity contribution >= 4 is 5.91 Å². The van der Waals surface area contributed by atoms with E-state index in [1.807, 2.05) is 0 Å². The number of carbonyl (C=O) groups is 1. The van der Waals surface area contributed by atoms with Gasteiger partial charge in [0.15, 0.2) is 0 Å². The summed E-state index contributed by atoms with van der Waals surface area (Å²) in [6.45, 7) is 6.44. The third kappa shape index (κ3) is 4.46. The fourth-order valence-electron chi connectivity index (χ4n) is 3.36. The van der Waals surface area contributed by atoms with E-state index < -0.39 is 0 Å². The van der Waals surface area contributed by atoms with Crippen molar-refractivity contribution < 1.29 is 4.79 Å². The Morgan fingerprint density at radius 2 is 2.26 bits per heavy atom. The monoisotopic (exact) mass is 267 g/mol. The van der Waals surface area contributed by atoms with Crippen LogP contribution in [0, 0.1) is 11.8 Å². The number of hydrogen-bond acceptors (Lipinski definition) is 3. The van der Waals surface area contributed by atoms with Gasteiger partial charge in [0.05, 0.1) is 0 Å². The van der Waals surface area contributed by atoms with Crippen molar-refractivity contribution in [3.63, 3.8) is 0 Å². The molecule has 2 aliphatic rings. The Hall–Kier alpha value is -0.610. The molecule has 19 heavy (non-hydrogen) atoms. The van der Waals surface area contributed by atoms with Crippen molar-refractivity contribution in [1.29, 1.82) is 0 Å². The third-order valence-electron chi connectivity index (χ3n) is 4.85. The minimum absolute atomic E-state index is 0.235. The maximum atomic E-state index is 12.0. The molecule has 0 radical (unpaired) electrons. The van der Waals surface area contributed by atoms with Crippen LogP contribution in [-0.2, 0) is 4.79 Å². The summed E-state index contributed by atoms with van der Waals surface area (Å²) >= 11 is 0. The number of amides is 1. The molecule has 0 aromatic heterocycles. The number of carbonyl (C=O) groups excluding carboxylic acids is 1. The molecule has 0 aromatic carbocycles. The van der Waals surface area contributed by atoms with Crippen LogP contribution in [0.1, 0.15) is 39.0 Å². The second-order valence-electron chi connectivity index (χ2n) is 6.37. The van der Waals surface area contributed by atoms with Crippen LogP contribution in [0.4, 0.5) is 0 Å². The topological polar surface area (TPSA) is 44.4 Å². The van der Waals surface area contributed by atoms with Crippen molar-refractivity contribution in [3.05, 3.63) is 0 Å². The van der Waals surface area contributed by atoms with Gasteiger partial charge in [0, 0.05) is 19.0 Å². The van der Waals surface area contributed by atoms with E-state index in [0.29, 0.717) is 24.3 Å². The van der Waals surface area contributed by atoms with Gasteiger partial charge in [-0.3, -0.25) is 4.79 Å². The van der Waals surface area contributed by atoms with Crippen molar-refractivity contribution in [2.75, 3.05) is 33.2 Å². The van der Waals surface area contributed by atoms with Crippen LogP contribution in [0.15, 0.2) is 0 Å². The lowest BCUT2D eigenvalue weighted by molar-refractivity contribution is -0.122. The summed E-state index contributed by atoms with van der Waals surface area (Å²) in [4.78, 5) is 14.4. The largest absolute Gasteiger partial charge is 0.355 e. The number of hydrogen-bond donors (Lipinski definition) is 2. The predicted molar refractivity (Wildman–Crippen MR) is 78.0 cm³/mol. The van der Waals surface area contributed by atoms with E-state index in [4.69, 9.17) is 0 Å². The second kappa shape index (κ2) is 7.25. The van der Waals surface area contributed by atoms with E-state index in [1.54, 1.807) is 0 Å². The Labute approximate surface area is 117 Å². The van der Waals surface area contributed by atoms with Crippen LogP contribution < -0.4 is 10.6 Å². The minimum atomic E-state index is 0.235. The molecule has 110 valence electrons. The van der Waals surface area contributed by atoms with Gasteiger partial charge in [0.25, 0.3) is 0 Å². The number of rotatable bonds is 5. The minimum Gasteiger partial charge on any atom is -0.355 e. The zero-order chi connectivity index (χ0) is 13.7. The first-order chi connectivity index (χ1) is 9.16. The van der Waals surface area contributed by atoms with E-state index in [-0.39, 0.29) is 5.91 Å². The van der Waals surface area contributed by atoms with Crippen molar-refractivity contribution in [3.8, 4) is 0 Å².